The summed E-state index contributed by atoms with van der Waals surface area (Å²) >= 11 is 0. The lowest BCUT2D eigenvalue weighted by molar-refractivity contribution is -0.136. The Morgan fingerprint density at radius 2 is 1.12 bits per heavy atom. The fourth-order valence-electron chi connectivity index (χ4n) is 9.22. The molecule has 1 aromatic heterocycles. The van der Waals surface area contributed by atoms with Crippen molar-refractivity contribution >= 4 is 65.0 Å². The SMILES string of the molecule is CCC(C)C1NC(=O)C(Cc2ccccc2)NC(=O)C(CCN)NC(=O)C(NC(=O)C(CN)NC(=O)C(NC(=O)C(CCN)NC(=O)c2ccnc(-c3ccccc3)c2)C(C)O)CCNC(=O)C(C(C)O)NC(=O)C(CCN)NC(=O)C(CCN)NC1=O. The lowest BCUT2D eigenvalue weighted by Gasteiger charge is -2.30. The molecular weight excluding hydrogens is 1140 g/mol. The number of rotatable bonds is 24. The van der Waals surface area contributed by atoms with E-state index in [-0.39, 0.29) is 63.8 Å². The van der Waals surface area contributed by atoms with Gasteiger partial charge in [0.15, 0.2) is 0 Å². The zero-order valence-electron chi connectivity index (χ0n) is 49.9. The van der Waals surface area contributed by atoms with E-state index in [0.717, 1.165) is 5.56 Å². The summed E-state index contributed by atoms with van der Waals surface area (Å²) < 4.78 is 0. The van der Waals surface area contributed by atoms with E-state index >= 15 is 0 Å². The number of benzene rings is 2. The summed E-state index contributed by atoms with van der Waals surface area (Å²) in [6.07, 6.45) is -2.77. The maximum absolute atomic E-state index is 14.5. The minimum absolute atomic E-state index is 0.0993. The molecule has 11 amide bonds. The first-order valence-electron chi connectivity index (χ1n) is 29.2. The molecule has 0 saturated carbocycles. The van der Waals surface area contributed by atoms with Crippen molar-refractivity contribution in [3.05, 3.63) is 90.1 Å². The van der Waals surface area contributed by atoms with Crippen LogP contribution in [-0.4, -0.2) is 192 Å². The largest absolute Gasteiger partial charge is 0.391 e. The van der Waals surface area contributed by atoms with Crippen LogP contribution in [-0.2, 0) is 54.4 Å². The first kappa shape index (κ1) is 72.0. The van der Waals surface area contributed by atoms with Gasteiger partial charge in [-0.05, 0) is 95.7 Å². The van der Waals surface area contributed by atoms with E-state index in [2.05, 4.69) is 63.5 Å². The van der Waals surface area contributed by atoms with Crippen molar-refractivity contribution in [2.45, 2.75) is 145 Å². The van der Waals surface area contributed by atoms with Crippen LogP contribution in [0, 0.1) is 5.92 Å². The van der Waals surface area contributed by atoms with Crippen LogP contribution in [0.4, 0.5) is 0 Å². The Labute approximate surface area is 510 Å². The zero-order chi connectivity index (χ0) is 65.0. The Hall–Kier alpha value is -8.52. The molecule has 1 aliphatic heterocycles. The van der Waals surface area contributed by atoms with E-state index in [1.54, 1.807) is 68.4 Å². The molecule has 1 aliphatic rings. The van der Waals surface area contributed by atoms with Gasteiger partial charge in [-0.3, -0.25) is 57.7 Å². The number of pyridine rings is 1. The van der Waals surface area contributed by atoms with Gasteiger partial charge in [0, 0.05) is 36.8 Å². The molecule has 88 heavy (non-hydrogen) atoms. The molecule has 0 radical (unpaired) electrons. The third kappa shape index (κ3) is 22.0. The van der Waals surface area contributed by atoms with Crippen molar-refractivity contribution in [2.24, 2.45) is 34.6 Å². The maximum Gasteiger partial charge on any atom is 0.252 e. The number of carbonyl (C=O) groups is 11. The van der Waals surface area contributed by atoms with Crippen molar-refractivity contribution in [3.8, 4) is 11.3 Å². The number of aromatic nitrogens is 1. The molecule has 30 nitrogen and oxygen atoms in total. The summed E-state index contributed by atoms with van der Waals surface area (Å²) in [5.74, 6) is -10.9. The lowest BCUT2D eigenvalue weighted by atomic mass is 9.96. The van der Waals surface area contributed by atoms with Crippen molar-refractivity contribution in [1.82, 2.24) is 63.5 Å². The topological polar surface area (TPSA) is 504 Å². The van der Waals surface area contributed by atoms with Crippen LogP contribution in [0.25, 0.3) is 11.3 Å². The number of aliphatic hydroxyl groups is 2. The van der Waals surface area contributed by atoms with Crippen molar-refractivity contribution < 1.29 is 63.0 Å². The van der Waals surface area contributed by atoms with Crippen molar-refractivity contribution in [3.63, 3.8) is 0 Å². The van der Waals surface area contributed by atoms with Gasteiger partial charge >= 0.3 is 0 Å². The second kappa shape index (κ2) is 36.6. The summed E-state index contributed by atoms with van der Waals surface area (Å²) in [5.41, 5.74) is 31.4. The molecular formula is C58H87N17O13. The predicted octanol–water partition coefficient (Wildman–Crippen LogP) is -5.87. The quantitative estimate of drug-likeness (QED) is 0.0397. The number of nitrogens with two attached hydrogens (primary N) is 5. The molecule has 3 aromatic rings. The summed E-state index contributed by atoms with van der Waals surface area (Å²) in [4.78, 5) is 159. The van der Waals surface area contributed by atoms with Gasteiger partial charge in [-0.15, -0.1) is 0 Å². The van der Waals surface area contributed by atoms with E-state index in [0.29, 0.717) is 17.7 Å². The van der Waals surface area contributed by atoms with Crippen LogP contribution in [0.15, 0.2) is 79.0 Å². The molecule has 1 saturated heterocycles. The third-order valence-electron chi connectivity index (χ3n) is 14.5. The van der Waals surface area contributed by atoms with Gasteiger partial charge in [-0.2, -0.15) is 0 Å². The van der Waals surface area contributed by atoms with E-state index in [1.165, 1.54) is 32.2 Å². The predicted molar refractivity (Wildman–Crippen MR) is 323 cm³/mol. The molecule has 0 bridgehead atoms. The normalized spacial score (nSPS) is 22.4. The van der Waals surface area contributed by atoms with Crippen LogP contribution in [0.2, 0.25) is 0 Å². The number of nitrogens with zero attached hydrogens (tertiary/aromatic N) is 1. The fourth-order valence-corrected chi connectivity index (χ4v) is 9.22. The van der Waals surface area contributed by atoms with Crippen LogP contribution in [0.5, 0.6) is 0 Å². The summed E-state index contributed by atoms with van der Waals surface area (Å²) in [6, 6.07) is 5.17. The molecule has 30 heteroatoms. The highest BCUT2D eigenvalue weighted by atomic mass is 16.3. The van der Waals surface area contributed by atoms with Gasteiger partial charge in [0.25, 0.3) is 5.91 Å². The fraction of sp³-hybridized carbons (Fsp3) is 0.517. The standard InChI is InChI=1S/C58H87N17O13/c1-5-31(2)45-57(87)70-38(17-23-60)49(79)68-40(19-25-62)53(83)74-46(32(3)76)56(86)65-27-21-41(51(81)67-37(16-22-59)50(80)71-43(54(84)73-45)28-34-12-8-6-9-13-34)69-55(85)44(30-63)72-58(88)47(33(4)77)75-52(82)39(18-24-61)66-48(78)36-20-26-64-42(29-36)35-14-10-7-11-15-35/h6-15,20,26,29,31-33,37-41,43-47,76-77H,5,16-19,21-25,27-28,30,59-63H2,1-4H3,(H,65,86)(H,66,78)(H,67,81)(H,68,79)(H,69,85)(H,70,87)(H,71,80)(H,72,88)(H,73,84)(H,74,83)(H,75,82). The third-order valence-corrected chi connectivity index (χ3v) is 14.5. The molecule has 0 spiro atoms. The molecule has 13 atom stereocenters. The van der Waals surface area contributed by atoms with E-state index in [1.807, 2.05) is 6.07 Å². The summed E-state index contributed by atoms with van der Waals surface area (Å²) in [5, 5.41) is 49.4. The average Bonchev–Trinajstić information content (AvgIpc) is 3.69. The van der Waals surface area contributed by atoms with Crippen LogP contribution in [0.3, 0.4) is 0 Å². The highest BCUT2D eigenvalue weighted by molar-refractivity contribution is 6.01. The first-order chi connectivity index (χ1) is 42.0. The zero-order valence-corrected chi connectivity index (χ0v) is 49.9. The number of nitrogens with one attached hydrogen (secondary N) is 11. The minimum atomic E-state index is -1.78. The van der Waals surface area contributed by atoms with Gasteiger partial charge in [0.05, 0.1) is 17.9 Å². The van der Waals surface area contributed by atoms with Gasteiger partial charge in [-0.25, -0.2) is 0 Å². The van der Waals surface area contributed by atoms with Gasteiger partial charge in [0.2, 0.25) is 59.1 Å². The molecule has 0 aliphatic carbocycles. The van der Waals surface area contributed by atoms with E-state index in [4.69, 9.17) is 28.7 Å². The molecule has 1 fully saturated rings. The number of hydrogen-bond acceptors (Lipinski definition) is 19. The lowest BCUT2D eigenvalue weighted by Crippen LogP contribution is -2.63. The van der Waals surface area contributed by atoms with Gasteiger partial charge in [0.1, 0.15) is 60.4 Å². The summed E-state index contributed by atoms with van der Waals surface area (Å²) in [7, 11) is 0. The smallest absolute Gasteiger partial charge is 0.252 e. The monoisotopic (exact) mass is 1230 g/mol. The Morgan fingerprint density at radius 3 is 1.67 bits per heavy atom. The molecule has 4 rings (SSSR count). The Kier molecular flexibility index (Phi) is 29.9. The Bertz CT molecular complexity index is 2830. The minimum Gasteiger partial charge on any atom is -0.391 e. The average molecular weight is 1230 g/mol. The van der Waals surface area contributed by atoms with Gasteiger partial charge < -0.3 is 97.4 Å². The summed E-state index contributed by atoms with van der Waals surface area (Å²) in [6.45, 7) is 4.06. The molecule has 23 N–H and O–H groups in total. The van der Waals surface area contributed by atoms with Crippen molar-refractivity contribution in [1.29, 1.82) is 0 Å². The Balaban J connectivity index is 1.68. The number of aliphatic hydroxyl groups excluding tert-OH is 2. The van der Waals surface area contributed by atoms with Crippen LogP contribution in [0.1, 0.15) is 82.1 Å². The molecule has 2 heterocycles. The second-order valence-electron chi connectivity index (χ2n) is 21.3. The molecule has 13 unspecified atom stereocenters. The number of carbonyl (C=O) groups excluding carboxylic acids is 11. The molecule has 2 aromatic carbocycles. The number of hydrogen-bond donors (Lipinski definition) is 18. The van der Waals surface area contributed by atoms with E-state index in [9.17, 15) is 63.0 Å². The molecule has 482 valence electrons. The van der Waals surface area contributed by atoms with Gasteiger partial charge in [-0.1, -0.05) is 80.9 Å². The Morgan fingerprint density at radius 1 is 0.591 bits per heavy atom. The highest BCUT2D eigenvalue weighted by Crippen LogP contribution is 2.18. The first-order valence-corrected chi connectivity index (χ1v) is 29.2. The maximum atomic E-state index is 14.5. The highest BCUT2D eigenvalue weighted by Gasteiger charge is 2.38. The van der Waals surface area contributed by atoms with Crippen LogP contribution >= 0.6 is 0 Å². The van der Waals surface area contributed by atoms with Crippen molar-refractivity contribution in [2.75, 3.05) is 39.3 Å². The second-order valence-corrected chi connectivity index (χ2v) is 21.3. The van der Waals surface area contributed by atoms with Crippen LogP contribution < -0.4 is 87.2 Å². The number of amides is 11. The van der Waals surface area contributed by atoms with E-state index < -0.39 is 163 Å².